The number of aromatic nitrogens is 4. The fraction of sp³-hybridized carbons (Fsp3) is 0.0909. The zero-order chi connectivity index (χ0) is 20.5. The Morgan fingerprint density at radius 3 is 2.73 bits per heavy atom. The van der Waals surface area contributed by atoms with Gasteiger partial charge in [0.05, 0.1) is 21.4 Å². The SMILES string of the molecule is Cc1cccc(-c2cc(Nc3ncc(C)s3)nc(Sc3ccc4ncsc4c3)n2)c1. The smallest absolute Gasteiger partial charge is 0.194 e. The van der Waals surface area contributed by atoms with Crippen molar-refractivity contribution < 1.29 is 0 Å². The van der Waals surface area contributed by atoms with Gasteiger partial charge in [-0.2, -0.15) is 0 Å². The summed E-state index contributed by atoms with van der Waals surface area (Å²) in [6, 6.07) is 16.6. The van der Waals surface area contributed by atoms with E-state index in [2.05, 4.69) is 58.6 Å². The van der Waals surface area contributed by atoms with Crippen molar-refractivity contribution in [3.8, 4) is 11.3 Å². The molecule has 30 heavy (non-hydrogen) atoms. The van der Waals surface area contributed by atoms with Crippen LogP contribution in [0.4, 0.5) is 10.9 Å². The van der Waals surface area contributed by atoms with Crippen molar-refractivity contribution in [2.75, 3.05) is 5.32 Å². The van der Waals surface area contributed by atoms with Gasteiger partial charge in [-0.25, -0.2) is 19.9 Å². The van der Waals surface area contributed by atoms with E-state index in [-0.39, 0.29) is 0 Å². The lowest BCUT2D eigenvalue weighted by Gasteiger charge is -2.09. The first-order valence-corrected chi connectivity index (χ1v) is 11.8. The molecule has 1 N–H and O–H groups in total. The summed E-state index contributed by atoms with van der Waals surface area (Å²) in [4.78, 5) is 20.6. The maximum atomic E-state index is 4.84. The van der Waals surface area contributed by atoms with Gasteiger partial charge in [-0.05, 0) is 49.9 Å². The van der Waals surface area contributed by atoms with Crippen LogP contribution in [0.1, 0.15) is 10.4 Å². The van der Waals surface area contributed by atoms with Crippen LogP contribution in [-0.2, 0) is 0 Å². The molecule has 5 aromatic rings. The van der Waals surface area contributed by atoms with Gasteiger partial charge in [0.25, 0.3) is 0 Å². The molecule has 0 unspecified atom stereocenters. The van der Waals surface area contributed by atoms with E-state index in [1.54, 1.807) is 34.4 Å². The van der Waals surface area contributed by atoms with Crippen molar-refractivity contribution in [3.63, 3.8) is 0 Å². The second-order valence-corrected chi connectivity index (χ2v) is 9.94. The van der Waals surface area contributed by atoms with Crippen LogP contribution in [0, 0.1) is 13.8 Å². The molecule has 3 heterocycles. The number of thiazole rings is 2. The molecule has 5 rings (SSSR count). The Balaban J connectivity index is 1.54. The first-order chi connectivity index (χ1) is 14.6. The number of hydrogen-bond donors (Lipinski definition) is 1. The third kappa shape index (κ3) is 4.21. The lowest BCUT2D eigenvalue weighted by Crippen LogP contribution is -1.98. The van der Waals surface area contributed by atoms with E-state index in [4.69, 9.17) is 9.97 Å². The van der Waals surface area contributed by atoms with Crippen LogP contribution in [-0.4, -0.2) is 19.9 Å². The average Bonchev–Trinajstić information content (AvgIpc) is 3.36. The molecule has 148 valence electrons. The number of aryl methyl sites for hydroxylation is 2. The first kappa shape index (κ1) is 19.2. The van der Waals surface area contributed by atoms with Gasteiger partial charge in [-0.3, -0.25) is 0 Å². The predicted octanol–water partition coefficient (Wildman–Crippen LogP) is 6.72. The second-order valence-electron chi connectivity index (χ2n) is 6.78. The van der Waals surface area contributed by atoms with Gasteiger partial charge >= 0.3 is 0 Å². The Bertz CT molecular complexity index is 1340. The highest BCUT2D eigenvalue weighted by Crippen LogP contribution is 2.32. The summed E-state index contributed by atoms with van der Waals surface area (Å²) in [5, 5.41) is 4.85. The van der Waals surface area contributed by atoms with E-state index in [9.17, 15) is 0 Å². The van der Waals surface area contributed by atoms with E-state index in [0.717, 1.165) is 42.2 Å². The fourth-order valence-electron chi connectivity index (χ4n) is 3.01. The fourth-order valence-corrected chi connectivity index (χ4v) is 5.29. The predicted molar refractivity (Wildman–Crippen MR) is 126 cm³/mol. The van der Waals surface area contributed by atoms with Gasteiger partial charge in [0.15, 0.2) is 10.3 Å². The van der Waals surface area contributed by atoms with Gasteiger partial charge in [0, 0.05) is 27.6 Å². The van der Waals surface area contributed by atoms with Crippen LogP contribution in [0.3, 0.4) is 0 Å². The lowest BCUT2D eigenvalue weighted by atomic mass is 10.1. The van der Waals surface area contributed by atoms with E-state index in [1.165, 1.54) is 5.56 Å². The Kier molecular flexibility index (Phi) is 5.20. The Morgan fingerprint density at radius 1 is 0.967 bits per heavy atom. The van der Waals surface area contributed by atoms with Gasteiger partial charge in [0.1, 0.15) is 5.82 Å². The van der Waals surface area contributed by atoms with Gasteiger partial charge in [-0.15, -0.1) is 22.7 Å². The molecule has 0 aliphatic carbocycles. The lowest BCUT2D eigenvalue weighted by molar-refractivity contribution is 0.977. The molecule has 0 spiro atoms. The molecule has 0 bridgehead atoms. The van der Waals surface area contributed by atoms with Crippen molar-refractivity contribution in [2.45, 2.75) is 23.9 Å². The summed E-state index contributed by atoms with van der Waals surface area (Å²) in [6.07, 6.45) is 1.86. The maximum Gasteiger partial charge on any atom is 0.194 e. The number of rotatable bonds is 5. The highest BCUT2D eigenvalue weighted by molar-refractivity contribution is 7.99. The van der Waals surface area contributed by atoms with Crippen LogP contribution in [0.5, 0.6) is 0 Å². The van der Waals surface area contributed by atoms with Crippen LogP contribution in [0.2, 0.25) is 0 Å². The van der Waals surface area contributed by atoms with Gasteiger partial charge < -0.3 is 5.32 Å². The van der Waals surface area contributed by atoms with E-state index >= 15 is 0 Å². The normalized spacial score (nSPS) is 11.1. The zero-order valence-electron chi connectivity index (χ0n) is 16.3. The Labute approximate surface area is 186 Å². The maximum absolute atomic E-state index is 4.84. The summed E-state index contributed by atoms with van der Waals surface area (Å²) >= 11 is 4.79. The quantitative estimate of drug-likeness (QED) is 0.302. The van der Waals surface area contributed by atoms with Crippen LogP contribution < -0.4 is 5.32 Å². The zero-order valence-corrected chi connectivity index (χ0v) is 18.7. The molecule has 8 heteroatoms. The van der Waals surface area contributed by atoms with Crippen molar-refractivity contribution in [1.29, 1.82) is 0 Å². The summed E-state index contributed by atoms with van der Waals surface area (Å²) in [5.74, 6) is 0.734. The average molecular weight is 448 g/mol. The third-order valence-electron chi connectivity index (χ3n) is 4.39. The molecular formula is C22H17N5S3. The largest absolute Gasteiger partial charge is 0.316 e. The minimum Gasteiger partial charge on any atom is -0.316 e. The summed E-state index contributed by atoms with van der Waals surface area (Å²) in [5.41, 5.74) is 6.02. The summed E-state index contributed by atoms with van der Waals surface area (Å²) < 4.78 is 1.16. The van der Waals surface area contributed by atoms with Crippen molar-refractivity contribution in [1.82, 2.24) is 19.9 Å². The third-order valence-corrected chi connectivity index (χ3v) is 6.86. The molecule has 0 radical (unpaired) electrons. The van der Waals surface area contributed by atoms with E-state index in [0.29, 0.717) is 5.16 Å². The van der Waals surface area contributed by atoms with Crippen LogP contribution in [0.15, 0.2) is 70.3 Å². The molecule has 0 aliphatic rings. The molecule has 0 amide bonds. The number of fused-ring (bicyclic) bond motifs is 1. The molecule has 5 nitrogen and oxygen atoms in total. The standard InChI is InChI=1S/C22H17N5S3/c1-13-4-3-5-15(8-13)18-10-20(26-21-23-11-14(2)29-21)27-22(25-18)30-16-6-7-17-19(9-16)28-12-24-17/h3-12H,1-2H3,(H,23,25,26,27). The highest BCUT2D eigenvalue weighted by Gasteiger charge is 2.11. The highest BCUT2D eigenvalue weighted by atomic mass is 32.2. The monoisotopic (exact) mass is 447 g/mol. The molecule has 0 saturated heterocycles. The van der Waals surface area contributed by atoms with Crippen molar-refractivity contribution in [2.24, 2.45) is 0 Å². The molecule has 2 aromatic carbocycles. The van der Waals surface area contributed by atoms with E-state index in [1.807, 2.05) is 30.8 Å². The minimum atomic E-state index is 0.689. The second kappa shape index (κ2) is 8.14. The van der Waals surface area contributed by atoms with Crippen LogP contribution >= 0.6 is 34.4 Å². The van der Waals surface area contributed by atoms with Crippen LogP contribution in [0.25, 0.3) is 21.5 Å². The number of anilines is 2. The van der Waals surface area contributed by atoms with E-state index < -0.39 is 0 Å². The molecular weight excluding hydrogens is 430 g/mol. The molecule has 0 saturated carbocycles. The summed E-state index contributed by atoms with van der Waals surface area (Å²) in [6.45, 7) is 4.12. The Morgan fingerprint density at radius 2 is 1.90 bits per heavy atom. The molecule has 0 atom stereocenters. The first-order valence-electron chi connectivity index (χ1n) is 9.29. The van der Waals surface area contributed by atoms with Crippen molar-refractivity contribution in [3.05, 3.63) is 70.7 Å². The molecule has 3 aromatic heterocycles. The number of hydrogen-bond acceptors (Lipinski definition) is 8. The summed E-state index contributed by atoms with van der Waals surface area (Å²) in [7, 11) is 0. The van der Waals surface area contributed by atoms with Gasteiger partial charge in [-0.1, -0.05) is 23.8 Å². The number of benzene rings is 2. The topological polar surface area (TPSA) is 63.6 Å². The van der Waals surface area contributed by atoms with Gasteiger partial charge in [0.2, 0.25) is 0 Å². The number of nitrogens with one attached hydrogen (secondary N) is 1. The minimum absolute atomic E-state index is 0.689. The molecule has 0 fully saturated rings. The van der Waals surface area contributed by atoms with Crippen molar-refractivity contribution >= 4 is 55.6 Å². The molecule has 0 aliphatic heterocycles. The Hall–Kier alpha value is -2.81. The number of nitrogens with zero attached hydrogens (tertiary/aromatic N) is 4.